The third-order valence-corrected chi connectivity index (χ3v) is 2.68. The average Bonchev–Trinajstić information content (AvgIpc) is 2.91. The van der Waals surface area contributed by atoms with E-state index in [0.29, 0.717) is 5.88 Å². The lowest BCUT2D eigenvalue weighted by atomic mass is 10.1. The molecule has 3 aromatic rings. The molecule has 2 aromatic heterocycles. The van der Waals surface area contributed by atoms with Crippen molar-refractivity contribution < 1.29 is 9.15 Å². The van der Waals surface area contributed by atoms with Gasteiger partial charge in [-0.3, -0.25) is 0 Å². The average molecular weight is 225 g/mol. The molecule has 0 aliphatic heterocycles. The molecule has 0 N–H and O–H groups in total. The fourth-order valence-corrected chi connectivity index (χ4v) is 1.82. The van der Waals surface area contributed by atoms with Crippen molar-refractivity contribution >= 4 is 10.9 Å². The van der Waals surface area contributed by atoms with Crippen LogP contribution in [0.25, 0.3) is 22.2 Å². The Kier molecular flexibility index (Phi) is 2.29. The number of fused-ring (bicyclic) bond motifs is 1. The van der Waals surface area contributed by atoms with E-state index >= 15 is 0 Å². The van der Waals surface area contributed by atoms with Gasteiger partial charge in [0.15, 0.2) is 0 Å². The molecule has 3 rings (SSSR count). The number of furan rings is 1. The SMILES string of the molecule is COc1ccc2cc(-c3ccco3)ccc2n1. The first-order valence-corrected chi connectivity index (χ1v) is 5.35. The zero-order valence-corrected chi connectivity index (χ0v) is 9.38. The van der Waals surface area contributed by atoms with Gasteiger partial charge in [0, 0.05) is 17.0 Å². The molecule has 0 aliphatic rings. The molecule has 0 unspecified atom stereocenters. The quantitative estimate of drug-likeness (QED) is 0.669. The lowest BCUT2D eigenvalue weighted by Crippen LogP contribution is -1.87. The molecular weight excluding hydrogens is 214 g/mol. The van der Waals surface area contributed by atoms with Crippen molar-refractivity contribution in [3.8, 4) is 17.2 Å². The van der Waals surface area contributed by atoms with Crippen molar-refractivity contribution in [3.05, 3.63) is 48.7 Å². The zero-order valence-electron chi connectivity index (χ0n) is 9.38. The fourth-order valence-electron chi connectivity index (χ4n) is 1.82. The van der Waals surface area contributed by atoms with Crippen molar-refractivity contribution in [1.82, 2.24) is 4.98 Å². The maximum Gasteiger partial charge on any atom is 0.213 e. The van der Waals surface area contributed by atoms with Crippen molar-refractivity contribution in [2.75, 3.05) is 7.11 Å². The van der Waals surface area contributed by atoms with E-state index in [1.807, 2.05) is 36.4 Å². The highest BCUT2D eigenvalue weighted by Gasteiger charge is 2.03. The van der Waals surface area contributed by atoms with Gasteiger partial charge in [0.25, 0.3) is 0 Å². The van der Waals surface area contributed by atoms with E-state index in [9.17, 15) is 0 Å². The maximum absolute atomic E-state index is 5.37. The van der Waals surface area contributed by atoms with Gasteiger partial charge in [-0.2, -0.15) is 0 Å². The molecule has 17 heavy (non-hydrogen) atoms. The van der Waals surface area contributed by atoms with Gasteiger partial charge in [0.2, 0.25) is 5.88 Å². The van der Waals surface area contributed by atoms with E-state index in [1.54, 1.807) is 13.4 Å². The molecule has 0 aliphatic carbocycles. The summed E-state index contributed by atoms with van der Waals surface area (Å²) >= 11 is 0. The van der Waals surface area contributed by atoms with Crippen molar-refractivity contribution in [2.45, 2.75) is 0 Å². The lowest BCUT2D eigenvalue weighted by molar-refractivity contribution is 0.399. The van der Waals surface area contributed by atoms with Crippen LogP contribution in [0.5, 0.6) is 5.88 Å². The topological polar surface area (TPSA) is 35.3 Å². The molecule has 0 bridgehead atoms. The summed E-state index contributed by atoms with van der Waals surface area (Å²) in [5.74, 6) is 1.49. The van der Waals surface area contributed by atoms with Crippen LogP contribution in [-0.4, -0.2) is 12.1 Å². The van der Waals surface area contributed by atoms with Gasteiger partial charge in [-0.05, 0) is 36.4 Å². The van der Waals surface area contributed by atoms with Crippen LogP contribution in [0, 0.1) is 0 Å². The molecular formula is C14H11NO2. The molecule has 0 amide bonds. The number of hydrogen-bond acceptors (Lipinski definition) is 3. The number of benzene rings is 1. The minimum atomic E-state index is 0.628. The first-order valence-electron chi connectivity index (χ1n) is 5.35. The predicted octanol–water partition coefficient (Wildman–Crippen LogP) is 3.50. The van der Waals surface area contributed by atoms with Crippen LogP contribution in [0.2, 0.25) is 0 Å². The number of aromatic nitrogens is 1. The number of ether oxygens (including phenoxy) is 1. The largest absolute Gasteiger partial charge is 0.481 e. The van der Waals surface area contributed by atoms with Gasteiger partial charge in [0.1, 0.15) is 5.76 Å². The monoisotopic (exact) mass is 225 g/mol. The van der Waals surface area contributed by atoms with Crippen LogP contribution >= 0.6 is 0 Å². The number of pyridine rings is 1. The first kappa shape index (κ1) is 9.90. The summed E-state index contributed by atoms with van der Waals surface area (Å²) in [4.78, 5) is 4.36. The van der Waals surface area contributed by atoms with Crippen LogP contribution < -0.4 is 4.74 Å². The lowest BCUT2D eigenvalue weighted by Gasteiger charge is -2.03. The molecule has 0 radical (unpaired) electrons. The molecule has 3 nitrogen and oxygen atoms in total. The van der Waals surface area contributed by atoms with Gasteiger partial charge in [-0.1, -0.05) is 0 Å². The molecule has 3 heteroatoms. The van der Waals surface area contributed by atoms with Gasteiger partial charge in [-0.25, -0.2) is 4.98 Å². The van der Waals surface area contributed by atoms with Gasteiger partial charge in [-0.15, -0.1) is 0 Å². The van der Waals surface area contributed by atoms with E-state index in [4.69, 9.17) is 9.15 Å². The third-order valence-electron chi connectivity index (χ3n) is 2.68. The van der Waals surface area contributed by atoms with Gasteiger partial charge < -0.3 is 9.15 Å². The summed E-state index contributed by atoms with van der Waals surface area (Å²) in [6, 6.07) is 13.7. The molecule has 0 atom stereocenters. The highest BCUT2D eigenvalue weighted by Crippen LogP contribution is 2.25. The van der Waals surface area contributed by atoms with Crippen molar-refractivity contribution in [3.63, 3.8) is 0 Å². The van der Waals surface area contributed by atoms with Crippen LogP contribution in [0.15, 0.2) is 53.1 Å². The molecule has 0 fully saturated rings. The van der Waals surface area contributed by atoms with Gasteiger partial charge >= 0.3 is 0 Å². The van der Waals surface area contributed by atoms with Crippen molar-refractivity contribution in [2.24, 2.45) is 0 Å². The standard InChI is InChI=1S/C14H11NO2/c1-16-14-7-5-10-9-11(4-6-12(10)15-14)13-3-2-8-17-13/h2-9H,1H3. The Morgan fingerprint density at radius 2 is 2.06 bits per heavy atom. The molecule has 0 spiro atoms. The molecule has 0 saturated carbocycles. The van der Waals surface area contributed by atoms with Crippen LogP contribution in [0.1, 0.15) is 0 Å². The first-order chi connectivity index (χ1) is 8.36. The fraction of sp³-hybridized carbons (Fsp3) is 0.0714. The Balaban J connectivity index is 2.14. The normalized spacial score (nSPS) is 10.6. The zero-order chi connectivity index (χ0) is 11.7. The number of nitrogens with zero attached hydrogens (tertiary/aromatic N) is 1. The van der Waals surface area contributed by atoms with E-state index < -0.39 is 0 Å². The number of hydrogen-bond donors (Lipinski definition) is 0. The Bertz CT molecular complexity index is 644. The highest BCUT2D eigenvalue weighted by atomic mass is 16.5. The van der Waals surface area contributed by atoms with E-state index in [2.05, 4.69) is 11.1 Å². The minimum Gasteiger partial charge on any atom is -0.481 e. The molecule has 0 saturated heterocycles. The van der Waals surface area contributed by atoms with E-state index in [0.717, 1.165) is 22.2 Å². The third kappa shape index (κ3) is 1.76. The Labute approximate surface area is 98.7 Å². The number of methoxy groups -OCH3 is 1. The van der Waals surface area contributed by atoms with Crippen LogP contribution in [-0.2, 0) is 0 Å². The molecule has 2 heterocycles. The summed E-state index contributed by atoms with van der Waals surface area (Å²) in [7, 11) is 1.62. The van der Waals surface area contributed by atoms with Crippen LogP contribution in [0.4, 0.5) is 0 Å². The second-order valence-electron chi connectivity index (χ2n) is 3.74. The summed E-state index contributed by atoms with van der Waals surface area (Å²) in [5, 5.41) is 1.07. The van der Waals surface area contributed by atoms with E-state index in [1.165, 1.54) is 0 Å². The molecule has 84 valence electrons. The van der Waals surface area contributed by atoms with Crippen molar-refractivity contribution in [1.29, 1.82) is 0 Å². The van der Waals surface area contributed by atoms with Gasteiger partial charge in [0.05, 0.1) is 18.9 Å². The maximum atomic E-state index is 5.37. The Morgan fingerprint density at radius 3 is 2.82 bits per heavy atom. The molecule has 1 aromatic carbocycles. The second kappa shape index (κ2) is 3.94. The summed E-state index contributed by atoms with van der Waals surface area (Å²) in [5.41, 5.74) is 1.97. The Hall–Kier alpha value is -2.29. The second-order valence-corrected chi connectivity index (χ2v) is 3.74. The highest BCUT2D eigenvalue weighted by molar-refractivity contribution is 5.83. The predicted molar refractivity (Wildman–Crippen MR) is 66.0 cm³/mol. The Morgan fingerprint density at radius 1 is 1.12 bits per heavy atom. The van der Waals surface area contributed by atoms with E-state index in [-0.39, 0.29) is 0 Å². The summed E-state index contributed by atoms with van der Waals surface area (Å²) in [6.45, 7) is 0. The summed E-state index contributed by atoms with van der Waals surface area (Å²) < 4.78 is 10.5. The van der Waals surface area contributed by atoms with Crippen LogP contribution in [0.3, 0.4) is 0 Å². The number of rotatable bonds is 2. The smallest absolute Gasteiger partial charge is 0.213 e. The minimum absolute atomic E-state index is 0.628. The summed E-state index contributed by atoms with van der Waals surface area (Å²) in [6.07, 6.45) is 1.67.